The maximum absolute atomic E-state index is 12.6. The number of hydrogen-bond acceptors (Lipinski definition) is 4. The third-order valence-corrected chi connectivity index (χ3v) is 5.82. The Bertz CT molecular complexity index is 764. The second-order valence-electron chi connectivity index (χ2n) is 5.28. The first-order valence-corrected chi connectivity index (χ1v) is 8.97. The highest BCUT2D eigenvalue weighted by atomic mass is 32.1. The fourth-order valence-electron chi connectivity index (χ4n) is 2.88. The summed E-state index contributed by atoms with van der Waals surface area (Å²) >= 11 is 3.23. The van der Waals surface area contributed by atoms with Crippen molar-refractivity contribution in [2.24, 2.45) is 0 Å². The van der Waals surface area contributed by atoms with Crippen molar-refractivity contribution in [1.29, 1.82) is 0 Å². The van der Waals surface area contributed by atoms with Gasteiger partial charge < -0.3 is 4.90 Å². The van der Waals surface area contributed by atoms with E-state index >= 15 is 0 Å². The van der Waals surface area contributed by atoms with Crippen LogP contribution in [0.5, 0.6) is 0 Å². The van der Waals surface area contributed by atoms with Gasteiger partial charge in [0.25, 0.3) is 0 Å². The van der Waals surface area contributed by atoms with E-state index in [1.165, 1.54) is 16.2 Å². The third kappa shape index (κ3) is 2.48. The number of benzene rings is 1. The summed E-state index contributed by atoms with van der Waals surface area (Å²) in [6.45, 7) is 0.805. The van der Waals surface area contributed by atoms with Crippen LogP contribution in [-0.2, 0) is 0 Å². The number of hydrogen-bond donors (Lipinski definition) is 1. The average Bonchev–Trinajstić information content (AvgIpc) is 3.25. The number of para-hydroxylation sites is 1. The number of carbonyl (C=O) groups excluding carboxylic acids is 1. The van der Waals surface area contributed by atoms with Gasteiger partial charge in [0.15, 0.2) is 5.13 Å². The minimum Gasteiger partial charge on any atom is -0.317 e. The molecule has 22 heavy (non-hydrogen) atoms. The van der Waals surface area contributed by atoms with Gasteiger partial charge in [-0.1, -0.05) is 29.5 Å². The Kier molecular flexibility index (Phi) is 3.56. The van der Waals surface area contributed by atoms with Gasteiger partial charge >= 0.3 is 6.03 Å². The van der Waals surface area contributed by atoms with Crippen LogP contribution < -0.4 is 5.32 Å². The molecule has 112 valence electrons. The van der Waals surface area contributed by atoms with E-state index in [0.29, 0.717) is 5.13 Å². The zero-order valence-corrected chi connectivity index (χ0v) is 13.5. The van der Waals surface area contributed by atoms with Gasteiger partial charge in [0.05, 0.1) is 16.3 Å². The lowest BCUT2D eigenvalue weighted by Gasteiger charge is -2.23. The Labute approximate surface area is 136 Å². The number of nitrogens with zero attached hydrogens (tertiary/aromatic N) is 2. The van der Waals surface area contributed by atoms with Crippen molar-refractivity contribution >= 4 is 44.1 Å². The lowest BCUT2D eigenvalue weighted by Crippen LogP contribution is -2.34. The molecule has 1 unspecified atom stereocenters. The van der Waals surface area contributed by atoms with Crippen molar-refractivity contribution in [3.05, 3.63) is 46.7 Å². The molecule has 0 saturated carbocycles. The monoisotopic (exact) mass is 329 g/mol. The van der Waals surface area contributed by atoms with Crippen LogP contribution in [0.3, 0.4) is 0 Å². The molecule has 0 radical (unpaired) electrons. The van der Waals surface area contributed by atoms with Gasteiger partial charge in [0.2, 0.25) is 0 Å². The van der Waals surface area contributed by atoms with E-state index in [1.807, 2.05) is 35.2 Å². The molecule has 1 N–H and O–H groups in total. The molecule has 1 aliphatic heterocycles. The second-order valence-corrected chi connectivity index (χ2v) is 7.29. The molecule has 0 aliphatic carbocycles. The van der Waals surface area contributed by atoms with E-state index in [-0.39, 0.29) is 12.1 Å². The molecular formula is C16H15N3OS2. The van der Waals surface area contributed by atoms with E-state index in [0.717, 1.165) is 29.6 Å². The first kappa shape index (κ1) is 13.7. The number of rotatable bonds is 2. The molecule has 4 rings (SSSR count). The predicted molar refractivity (Wildman–Crippen MR) is 91.6 cm³/mol. The normalized spacial score (nSPS) is 18.0. The van der Waals surface area contributed by atoms with Gasteiger partial charge in [-0.05, 0) is 36.4 Å². The Balaban J connectivity index is 1.53. The Morgan fingerprint density at radius 1 is 1.27 bits per heavy atom. The van der Waals surface area contributed by atoms with Crippen molar-refractivity contribution in [2.75, 3.05) is 11.9 Å². The summed E-state index contributed by atoms with van der Waals surface area (Å²) in [5.41, 5.74) is 0.930. The number of amides is 2. The molecule has 1 saturated heterocycles. The van der Waals surface area contributed by atoms with Crippen LogP contribution in [0, 0.1) is 0 Å². The molecule has 1 aliphatic rings. The molecule has 3 heterocycles. The lowest BCUT2D eigenvalue weighted by molar-refractivity contribution is 0.208. The Hall–Kier alpha value is -1.92. The fourth-order valence-corrected chi connectivity index (χ4v) is 4.60. The predicted octanol–water partition coefficient (Wildman–Crippen LogP) is 4.73. The van der Waals surface area contributed by atoms with E-state index < -0.39 is 0 Å². The van der Waals surface area contributed by atoms with E-state index in [9.17, 15) is 4.79 Å². The third-order valence-electron chi connectivity index (χ3n) is 3.89. The number of likely N-dealkylation sites (tertiary alicyclic amines) is 1. The first-order chi connectivity index (χ1) is 10.8. The molecule has 0 spiro atoms. The average molecular weight is 329 g/mol. The van der Waals surface area contributed by atoms with Gasteiger partial charge in [-0.15, -0.1) is 11.3 Å². The second kappa shape index (κ2) is 5.70. The SMILES string of the molecule is O=C(Nc1nc2ccccc2s1)N1CCCC1c1cccs1. The van der Waals surface area contributed by atoms with E-state index in [4.69, 9.17) is 0 Å². The van der Waals surface area contributed by atoms with Crippen LogP contribution in [0.2, 0.25) is 0 Å². The molecule has 2 aromatic heterocycles. The smallest absolute Gasteiger partial charge is 0.317 e. The molecule has 1 atom stereocenters. The molecule has 4 nitrogen and oxygen atoms in total. The number of anilines is 1. The van der Waals surface area contributed by atoms with Crippen LogP contribution in [-0.4, -0.2) is 22.5 Å². The van der Waals surface area contributed by atoms with Crippen molar-refractivity contribution in [3.63, 3.8) is 0 Å². The zero-order valence-electron chi connectivity index (χ0n) is 11.9. The Morgan fingerprint density at radius 2 is 2.18 bits per heavy atom. The van der Waals surface area contributed by atoms with Crippen LogP contribution in [0.4, 0.5) is 9.93 Å². The van der Waals surface area contributed by atoms with Crippen molar-refractivity contribution in [3.8, 4) is 0 Å². The Morgan fingerprint density at radius 3 is 3.00 bits per heavy atom. The summed E-state index contributed by atoms with van der Waals surface area (Å²) in [6.07, 6.45) is 2.09. The minimum atomic E-state index is -0.0463. The van der Waals surface area contributed by atoms with E-state index in [2.05, 4.69) is 21.7 Å². The topological polar surface area (TPSA) is 45.2 Å². The van der Waals surface area contributed by atoms with Gasteiger partial charge in [0, 0.05) is 11.4 Å². The number of thiazole rings is 1. The highest BCUT2D eigenvalue weighted by Crippen LogP contribution is 2.35. The van der Waals surface area contributed by atoms with Crippen molar-refractivity contribution in [1.82, 2.24) is 9.88 Å². The fraction of sp³-hybridized carbons (Fsp3) is 0.250. The van der Waals surface area contributed by atoms with Crippen LogP contribution >= 0.6 is 22.7 Å². The van der Waals surface area contributed by atoms with E-state index in [1.54, 1.807) is 11.3 Å². The molecule has 1 aromatic carbocycles. The van der Waals surface area contributed by atoms with Gasteiger partial charge in [-0.25, -0.2) is 9.78 Å². The summed E-state index contributed by atoms with van der Waals surface area (Å²) in [7, 11) is 0. The van der Waals surface area contributed by atoms with Gasteiger partial charge in [-0.3, -0.25) is 5.32 Å². The zero-order chi connectivity index (χ0) is 14.9. The largest absolute Gasteiger partial charge is 0.324 e. The highest BCUT2D eigenvalue weighted by Gasteiger charge is 2.30. The summed E-state index contributed by atoms with van der Waals surface area (Å²) in [4.78, 5) is 20.2. The first-order valence-electron chi connectivity index (χ1n) is 7.28. The summed E-state index contributed by atoms with van der Waals surface area (Å²) in [5.74, 6) is 0. The number of urea groups is 1. The van der Waals surface area contributed by atoms with Crippen molar-refractivity contribution < 1.29 is 4.79 Å². The summed E-state index contributed by atoms with van der Waals surface area (Å²) in [5, 5.41) is 5.70. The number of nitrogens with one attached hydrogen (secondary N) is 1. The van der Waals surface area contributed by atoms with Crippen LogP contribution in [0.25, 0.3) is 10.2 Å². The standard InChI is InChI=1S/C16H15N3OS2/c20-16(18-15-17-11-5-1-2-7-13(11)22-15)19-9-3-6-12(19)14-8-4-10-21-14/h1-2,4-5,7-8,10,12H,3,6,9H2,(H,17,18,20). The molecule has 0 bridgehead atoms. The number of carbonyl (C=O) groups is 1. The summed E-state index contributed by atoms with van der Waals surface area (Å²) < 4.78 is 1.09. The summed E-state index contributed by atoms with van der Waals surface area (Å²) in [6, 6.07) is 12.2. The molecule has 3 aromatic rings. The van der Waals surface area contributed by atoms with Gasteiger partial charge in [0.1, 0.15) is 0 Å². The number of thiophene rings is 1. The van der Waals surface area contributed by atoms with Crippen LogP contribution in [0.15, 0.2) is 41.8 Å². The molecule has 6 heteroatoms. The van der Waals surface area contributed by atoms with Crippen LogP contribution in [0.1, 0.15) is 23.8 Å². The minimum absolute atomic E-state index is 0.0463. The maximum Gasteiger partial charge on any atom is 0.324 e. The highest BCUT2D eigenvalue weighted by molar-refractivity contribution is 7.22. The number of aromatic nitrogens is 1. The molecular weight excluding hydrogens is 314 g/mol. The van der Waals surface area contributed by atoms with Crippen molar-refractivity contribution in [2.45, 2.75) is 18.9 Å². The lowest BCUT2D eigenvalue weighted by atomic mass is 10.2. The van der Waals surface area contributed by atoms with Gasteiger partial charge in [-0.2, -0.15) is 0 Å². The maximum atomic E-state index is 12.6. The number of fused-ring (bicyclic) bond motifs is 1. The molecule has 1 fully saturated rings. The molecule has 2 amide bonds. The quantitative estimate of drug-likeness (QED) is 0.739.